The Morgan fingerprint density at radius 2 is 1.83 bits per heavy atom. The van der Waals surface area contributed by atoms with Gasteiger partial charge in [0.1, 0.15) is 5.82 Å². The largest absolute Gasteiger partial charge is 0.394 e. The first-order chi connectivity index (χ1) is 14.6. The maximum Gasteiger partial charge on any atom is 0.258 e. The first-order valence-electron chi connectivity index (χ1n) is 10.7. The number of rotatable bonds is 3. The molecule has 1 saturated heterocycles. The molecule has 1 N–H and O–H groups in total. The number of para-hydroxylation sites is 1. The lowest BCUT2D eigenvalue weighted by Gasteiger charge is -2.59. The predicted molar refractivity (Wildman–Crippen MR) is 111 cm³/mol. The molecule has 2 aromatic carbocycles. The molecule has 2 aromatic rings. The van der Waals surface area contributed by atoms with Gasteiger partial charge < -0.3 is 14.9 Å². The lowest BCUT2D eigenvalue weighted by molar-refractivity contribution is -0.154. The molecular weight excluding hydrogens is 383 g/mol. The van der Waals surface area contributed by atoms with E-state index in [9.17, 15) is 19.1 Å². The zero-order valence-electron chi connectivity index (χ0n) is 16.7. The van der Waals surface area contributed by atoms with E-state index in [1.165, 1.54) is 18.2 Å². The van der Waals surface area contributed by atoms with Gasteiger partial charge in [-0.15, -0.1) is 0 Å². The summed E-state index contributed by atoms with van der Waals surface area (Å²) in [6.45, 7) is 0.262. The van der Waals surface area contributed by atoms with Crippen molar-refractivity contribution in [3.63, 3.8) is 0 Å². The average molecular weight is 408 g/mol. The monoisotopic (exact) mass is 408 g/mol. The molecule has 1 saturated carbocycles. The van der Waals surface area contributed by atoms with Crippen molar-refractivity contribution in [1.82, 2.24) is 4.90 Å². The first-order valence-corrected chi connectivity index (χ1v) is 10.7. The number of fused-ring (bicyclic) bond motifs is 3. The third-order valence-electron chi connectivity index (χ3n) is 6.96. The van der Waals surface area contributed by atoms with E-state index in [0.717, 1.165) is 36.9 Å². The number of benzene rings is 2. The normalized spacial score (nSPS) is 25.5. The van der Waals surface area contributed by atoms with Gasteiger partial charge >= 0.3 is 0 Å². The van der Waals surface area contributed by atoms with Gasteiger partial charge in [0.2, 0.25) is 5.91 Å². The topological polar surface area (TPSA) is 60.9 Å². The molecule has 0 bridgehead atoms. The fourth-order valence-corrected chi connectivity index (χ4v) is 5.55. The summed E-state index contributed by atoms with van der Waals surface area (Å²) in [5, 5.41) is 10.1. The highest BCUT2D eigenvalue weighted by Gasteiger charge is 2.56. The minimum Gasteiger partial charge on any atom is -0.394 e. The van der Waals surface area contributed by atoms with Crippen LogP contribution in [0.4, 0.5) is 10.1 Å². The van der Waals surface area contributed by atoms with Crippen LogP contribution in [-0.4, -0.2) is 47.1 Å². The van der Waals surface area contributed by atoms with E-state index in [-0.39, 0.29) is 47.9 Å². The van der Waals surface area contributed by atoms with Gasteiger partial charge in [0, 0.05) is 29.6 Å². The standard InChI is InChI=1S/C24H25FN2O3/c25-17-9-5-8-16(12-17)23(29)26-13-20-22(18-10-3-4-11-19(18)26)21(14-28)27(20)24(30)15-6-1-2-7-15/h3-5,8-12,15,20-22,28H,1-2,6-7,13-14H2/t20-,21+,22+/m0/s1. The summed E-state index contributed by atoms with van der Waals surface area (Å²) in [5.74, 6) is -0.602. The summed E-state index contributed by atoms with van der Waals surface area (Å²) in [5.41, 5.74) is 2.03. The maximum absolute atomic E-state index is 13.7. The van der Waals surface area contributed by atoms with E-state index < -0.39 is 5.82 Å². The second-order valence-corrected chi connectivity index (χ2v) is 8.55. The summed E-state index contributed by atoms with van der Waals surface area (Å²) < 4.78 is 13.7. The van der Waals surface area contributed by atoms with Crippen LogP contribution in [0.15, 0.2) is 48.5 Å². The number of hydrogen-bond acceptors (Lipinski definition) is 3. The Kier molecular flexibility index (Phi) is 4.82. The number of amides is 2. The van der Waals surface area contributed by atoms with Gasteiger partial charge in [-0.3, -0.25) is 9.59 Å². The van der Waals surface area contributed by atoms with E-state index in [1.807, 2.05) is 29.2 Å². The molecule has 2 fully saturated rings. The van der Waals surface area contributed by atoms with Crippen LogP contribution in [0, 0.1) is 11.7 Å². The minimum absolute atomic E-state index is 0.00751. The molecular formula is C24H25FN2O3. The van der Waals surface area contributed by atoms with Crippen LogP contribution in [0.2, 0.25) is 0 Å². The number of likely N-dealkylation sites (tertiary alicyclic amines) is 1. The molecule has 30 heavy (non-hydrogen) atoms. The van der Waals surface area contributed by atoms with Gasteiger partial charge in [-0.25, -0.2) is 4.39 Å². The Bertz CT molecular complexity index is 988. The van der Waals surface area contributed by atoms with Gasteiger partial charge in [-0.2, -0.15) is 0 Å². The van der Waals surface area contributed by atoms with E-state index in [4.69, 9.17) is 0 Å². The van der Waals surface area contributed by atoms with Gasteiger partial charge in [0.25, 0.3) is 5.91 Å². The predicted octanol–water partition coefficient (Wildman–Crippen LogP) is 3.33. The minimum atomic E-state index is -0.453. The van der Waals surface area contributed by atoms with E-state index in [1.54, 1.807) is 11.0 Å². The fraction of sp³-hybridized carbons (Fsp3) is 0.417. The van der Waals surface area contributed by atoms with Crippen LogP contribution < -0.4 is 4.90 Å². The number of nitrogens with zero attached hydrogens (tertiary/aromatic N) is 2. The van der Waals surface area contributed by atoms with Crippen molar-refractivity contribution in [1.29, 1.82) is 0 Å². The molecule has 5 nitrogen and oxygen atoms in total. The quantitative estimate of drug-likeness (QED) is 0.848. The number of aliphatic hydroxyl groups excluding tert-OH is 1. The SMILES string of the molecule is O=C(c1cccc(F)c1)N1C[C@H]2[C@@H](c3ccccc31)[C@@H](CO)N2C(=O)C1CCCC1. The molecule has 1 aliphatic carbocycles. The highest BCUT2D eigenvalue weighted by Crippen LogP contribution is 2.49. The molecule has 3 atom stereocenters. The van der Waals surface area contributed by atoms with Crippen molar-refractivity contribution < 1.29 is 19.1 Å². The van der Waals surface area contributed by atoms with Crippen molar-refractivity contribution in [3.8, 4) is 0 Å². The van der Waals surface area contributed by atoms with Gasteiger partial charge in [0.15, 0.2) is 0 Å². The molecule has 156 valence electrons. The third kappa shape index (κ3) is 2.93. The van der Waals surface area contributed by atoms with Crippen molar-refractivity contribution in [2.24, 2.45) is 5.92 Å². The van der Waals surface area contributed by atoms with Crippen LogP contribution in [0.1, 0.15) is 47.5 Å². The molecule has 0 radical (unpaired) electrons. The second-order valence-electron chi connectivity index (χ2n) is 8.55. The van der Waals surface area contributed by atoms with Crippen molar-refractivity contribution in [2.45, 2.75) is 43.7 Å². The summed E-state index contributed by atoms with van der Waals surface area (Å²) in [6.07, 6.45) is 3.92. The zero-order valence-corrected chi connectivity index (χ0v) is 16.7. The zero-order chi connectivity index (χ0) is 20.8. The molecule has 3 aliphatic rings. The van der Waals surface area contributed by atoms with Gasteiger partial charge in [-0.1, -0.05) is 37.1 Å². The molecule has 2 aliphatic heterocycles. The summed E-state index contributed by atoms with van der Waals surface area (Å²) in [4.78, 5) is 30.0. The number of carbonyl (C=O) groups excluding carboxylic acids is 2. The summed E-state index contributed by atoms with van der Waals surface area (Å²) in [6, 6.07) is 12.9. The van der Waals surface area contributed by atoms with Crippen LogP contribution in [0.25, 0.3) is 0 Å². The Balaban J connectivity index is 1.51. The highest BCUT2D eigenvalue weighted by atomic mass is 19.1. The van der Waals surface area contributed by atoms with Crippen LogP contribution >= 0.6 is 0 Å². The van der Waals surface area contributed by atoms with Gasteiger partial charge in [0.05, 0.1) is 18.7 Å². The van der Waals surface area contributed by atoms with E-state index in [0.29, 0.717) is 6.54 Å². The third-order valence-corrected chi connectivity index (χ3v) is 6.96. The Morgan fingerprint density at radius 1 is 1.07 bits per heavy atom. The van der Waals surface area contributed by atoms with Crippen molar-refractivity contribution >= 4 is 17.5 Å². The number of aliphatic hydroxyl groups is 1. The molecule has 2 amide bonds. The number of halogens is 1. The number of carbonyl (C=O) groups is 2. The molecule has 0 unspecified atom stereocenters. The maximum atomic E-state index is 13.7. The van der Waals surface area contributed by atoms with Crippen LogP contribution in [0.5, 0.6) is 0 Å². The molecule has 6 heteroatoms. The Labute approximate surface area is 175 Å². The number of anilines is 1. The lowest BCUT2D eigenvalue weighted by Crippen LogP contribution is -2.71. The van der Waals surface area contributed by atoms with Crippen molar-refractivity contribution in [2.75, 3.05) is 18.1 Å². The second kappa shape index (κ2) is 7.51. The molecule has 0 spiro atoms. The van der Waals surface area contributed by atoms with E-state index in [2.05, 4.69) is 0 Å². The van der Waals surface area contributed by atoms with Crippen molar-refractivity contribution in [3.05, 3.63) is 65.5 Å². The summed E-state index contributed by atoms with van der Waals surface area (Å²) in [7, 11) is 0. The number of hydrogen-bond donors (Lipinski definition) is 1. The molecule has 5 rings (SSSR count). The van der Waals surface area contributed by atoms with Gasteiger partial charge in [-0.05, 0) is 42.7 Å². The van der Waals surface area contributed by atoms with Crippen LogP contribution in [-0.2, 0) is 4.79 Å². The Morgan fingerprint density at radius 3 is 2.57 bits per heavy atom. The molecule has 2 heterocycles. The highest BCUT2D eigenvalue weighted by molar-refractivity contribution is 6.07. The van der Waals surface area contributed by atoms with Crippen LogP contribution in [0.3, 0.4) is 0 Å². The smallest absolute Gasteiger partial charge is 0.258 e. The fourth-order valence-electron chi connectivity index (χ4n) is 5.55. The van der Waals surface area contributed by atoms with E-state index >= 15 is 0 Å². The summed E-state index contributed by atoms with van der Waals surface area (Å²) >= 11 is 0. The first kappa shape index (κ1) is 19.2. The molecule has 0 aromatic heterocycles. The average Bonchev–Trinajstić information content (AvgIpc) is 3.28. The lowest BCUT2D eigenvalue weighted by atomic mass is 9.71. The Hall–Kier alpha value is -2.73.